The van der Waals surface area contributed by atoms with Crippen molar-refractivity contribution in [2.45, 2.75) is 25.7 Å². The number of benzene rings is 3. The second kappa shape index (κ2) is 10.8. The molecule has 3 aromatic rings. The maximum Gasteiger partial charge on any atom is 0.249 e. The van der Waals surface area contributed by atoms with Crippen LogP contribution in [0.25, 0.3) is 0 Å². The third-order valence-electron chi connectivity index (χ3n) is 5.35. The number of amides is 1. The van der Waals surface area contributed by atoms with Crippen molar-refractivity contribution in [3.63, 3.8) is 0 Å². The van der Waals surface area contributed by atoms with E-state index < -0.39 is 11.9 Å². The topological polar surface area (TPSA) is 51.1 Å². The summed E-state index contributed by atoms with van der Waals surface area (Å²) in [7, 11) is 0. The summed E-state index contributed by atoms with van der Waals surface area (Å²) in [5, 5.41) is 4.02. The van der Waals surface area contributed by atoms with Crippen LogP contribution in [0.4, 0.5) is 8.78 Å². The van der Waals surface area contributed by atoms with Crippen molar-refractivity contribution in [2.24, 2.45) is 5.16 Å². The summed E-state index contributed by atoms with van der Waals surface area (Å²) in [4.78, 5) is 20.0. The number of ether oxygens (including phenoxy) is 1. The summed E-state index contributed by atoms with van der Waals surface area (Å²) in [6.45, 7) is 0.371. The quantitative estimate of drug-likeness (QED) is 0.475. The Labute approximate surface area is 191 Å². The highest BCUT2D eigenvalue weighted by molar-refractivity contribution is 6.01. The van der Waals surface area contributed by atoms with Crippen molar-refractivity contribution < 1.29 is 23.1 Å². The zero-order valence-electron chi connectivity index (χ0n) is 18.0. The van der Waals surface area contributed by atoms with Gasteiger partial charge in [0.15, 0.2) is 6.10 Å². The second-order valence-electron chi connectivity index (χ2n) is 7.79. The molecule has 1 unspecified atom stereocenters. The van der Waals surface area contributed by atoms with Gasteiger partial charge in [0.2, 0.25) is 5.91 Å². The fraction of sp³-hybridized carbons (Fsp3) is 0.231. The van der Waals surface area contributed by atoms with Gasteiger partial charge in [-0.25, -0.2) is 8.78 Å². The van der Waals surface area contributed by atoms with Gasteiger partial charge < -0.3 is 14.5 Å². The molecule has 7 heteroatoms. The van der Waals surface area contributed by atoms with E-state index in [0.29, 0.717) is 29.9 Å². The van der Waals surface area contributed by atoms with Crippen molar-refractivity contribution in [1.29, 1.82) is 0 Å². The van der Waals surface area contributed by atoms with E-state index in [-0.39, 0.29) is 31.4 Å². The molecule has 1 aliphatic rings. The zero-order chi connectivity index (χ0) is 23.0. The Morgan fingerprint density at radius 1 is 0.970 bits per heavy atom. The lowest BCUT2D eigenvalue weighted by molar-refractivity contribution is -0.139. The fourth-order valence-corrected chi connectivity index (χ4v) is 3.63. The molecule has 0 aromatic heterocycles. The minimum atomic E-state index is -0.468. The van der Waals surface area contributed by atoms with E-state index >= 15 is 0 Å². The number of oxime groups is 1. The maximum absolute atomic E-state index is 14.3. The first-order valence-corrected chi connectivity index (χ1v) is 10.7. The summed E-state index contributed by atoms with van der Waals surface area (Å²) < 4.78 is 34.0. The standard InChI is InChI=1S/C26H24F2N2O3/c27-23-12-6-4-10-20(23)15-30(26(31)18-32-17-19-8-2-1-3-9-19)16-21-14-25(29-33-21)22-11-5-7-13-24(22)28/h1-13,21H,14-18H2. The Morgan fingerprint density at radius 3 is 2.42 bits per heavy atom. The molecular weight excluding hydrogens is 426 g/mol. The van der Waals surface area contributed by atoms with E-state index in [9.17, 15) is 13.6 Å². The maximum atomic E-state index is 14.3. The van der Waals surface area contributed by atoms with Crippen LogP contribution in [0.5, 0.6) is 0 Å². The molecule has 0 bridgehead atoms. The molecular formula is C26H24F2N2O3. The first-order valence-electron chi connectivity index (χ1n) is 10.7. The number of carbonyl (C=O) groups is 1. The molecule has 33 heavy (non-hydrogen) atoms. The lowest BCUT2D eigenvalue weighted by atomic mass is 10.0. The van der Waals surface area contributed by atoms with Crippen molar-refractivity contribution in [3.05, 3.63) is 107 Å². The molecule has 0 saturated heterocycles. The Bertz CT molecular complexity index is 1120. The second-order valence-corrected chi connectivity index (χ2v) is 7.79. The first kappa shape index (κ1) is 22.6. The SMILES string of the molecule is O=C(COCc1ccccc1)N(Cc1ccccc1F)CC1CC(c2ccccc2F)=NO1. The van der Waals surface area contributed by atoms with E-state index in [1.54, 1.807) is 36.4 Å². The number of nitrogens with zero attached hydrogens (tertiary/aromatic N) is 2. The largest absolute Gasteiger partial charge is 0.390 e. The highest BCUT2D eigenvalue weighted by atomic mass is 19.1. The van der Waals surface area contributed by atoms with Gasteiger partial charge >= 0.3 is 0 Å². The van der Waals surface area contributed by atoms with Crippen LogP contribution in [-0.4, -0.2) is 35.8 Å². The molecule has 1 atom stereocenters. The minimum absolute atomic E-state index is 0.0646. The molecule has 0 fully saturated rings. The predicted octanol–water partition coefficient (Wildman–Crippen LogP) is 4.70. The van der Waals surface area contributed by atoms with E-state index in [0.717, 1.165) is 5.56 Å². The van der Waals surface area contributed by atoms with Gasteiger partial charge in [-0.15, -0.1) is 0 Å². The average molecular weight is 450 g/mol. The van der Waals surface area contributed by atoms with Gasteiger partial charge in [-0.2, -0.15) is 0 Å². The number of hydrogen-bond donors (Lipinski definition) is 0. The Morgan fingerprint density at radius 2 is 1.67 bits per heavy atom. The van der Waals surface area contributed by atoms with Crippen molar-refractivity contribution in [1.82, 2.24) is 4.90 Å². The highest BCUT2D eigenvalue weighted by Crippen LogP contribution is 2.21. The summed E-state index contributed by atoms with van der Waals surface area (Å²) in [5.74, 6) is -1.07. The molecule has 0 aliphatic carbocycles. The van der Waals surface area contributed by atoms with Crippen LogP contribution in [0.1, 0.15) is 23.1 Å². The van der Waals surface area contributed by atoms with Crippen molar-refractivity contribution in [3.8, 4) is 0 Å². The first-order chi connectivity index (χ1) is 16.1. The van der Waals surface area contributed by atoms with Crippen LogP contribution in [0.15, 0.2) is 84.0 Å². The number of carbonyl (C=O) groups excluding carboxylic acids is 1. The van der Waals surface area contributed by atoms with Gasteiger partial charge in [-0.3, -0.25) is 4.79 Å². The van der Waals surface area contributed by atoms with Crippen LogP contribution in [-0.2, 0) is 27.5 Å². The van der Waals surface area contributed by atoms with E-state index in [2.05, 4.69) is 5.16 Å². The molecule has 1 heterocycles. The third-order valence-corrected chi connectivity index (χ3v) is 5.35. The summed E-state index contributed by atoms with van der Waals surface area (Å²) in [6.07, 6.45) is -0.128. The molecule has 1 aliphatic heterocycles. The molecule has 1 amide bonds. The lowest BCUT2D eigenvalue weighted by Gasteiger charge is -2.25. The van der Waals surface area contributed by atoms with Crippen molar-refractivity contribution in [2.75, 3.05) is 13.2 Å². The van der Waals surface area contributed by atoms with Crippen LogP contribution in [0.3, 0.4) is 0 Å². The number of hydrogen-bond acceptors (Lipinski definition) is 4. The summed E-state index contributed by atoms with van der Waals surface area (Å²) in [5.41, 5.74) is 2.20. The molecule has 0 saturated carbocycles. The normalized spacial score (nSPS) is 15.1. The van der Waals surface area contributed by atoms with Crippen LogP contribution in [0.2, 0.25) is 0 Å². The average Bonchev–Trinajstić information content (AvgIpc) is 3.29. The Kier molecular flexibility index (Phi) is 7.42. The van der Waals surface area contributed by atoms with Gasteiger partial charge in [0.25, 0.3) is 0 Å². The fourth-order valence-electron chi connectivity index (χ4n) is 3.63. The predicted molar refractivity (Wildman–Crippen MR) is 120 cm³/mol. The van der Waals surface area contributed by atoms with E-state index in [4.69, 9.17) is 9.57 Å². The van der Waals surface area contributed by atoms with Gasteiger partial charge in [0.05, 0.1) is 18.9 Å². The smallest absolute Gasteiger partial charge is 0.249 e. The van der Waals surface area contributed by atoms with Crippen LogP contribution in [0, 0.1) is 11.6 Å². The molecule has 0 radical (unpaired) electrons. The molecule has 4 rings (SSSR count). The van der Waals surface area contributed by atoms with Gasteiger partial charge in [-0.1, -0.05) is 71.9 Å². The molecule has 170 valence electrons. The van der Waals surface area contributed by atoms with Crippen LogP contribution >= 0.6 is 0 Å². The zero-order valence-corrected chi connectivity index (χ0v) is 18.0. The molecule has 3 aromatic carbocycles. The third kappa shape index (κ3) is 6.02. The van der Waals surface area contributed by atoms with E-state index in [1.165, 1.54) is 17.0 Å². The molecule has 5 nitrogen and oxygen atoms in total. The highest BCUT2D eigenvalue weighted by Gasteiger charge is 2.28. The Hall–Kier alpha value is -3.58. The number of rotatable bonds is 9. The van der Waals surface area contributed by atoms with Gasteiger partial charge in [-0.05, 0) is 17.7 Å². The summed E-state index contributed by atoms with van der Waals surface area (Å²) >= 11 is 0. The van der Waals surface area contributed by atoms with Crippen molar-refractivity contribution >= 4 is 11.6 Å². The Balaban J connectivity index is 1.41. The van der Waals surface area contributed by atoms with Gasteiger partial charge in [0.1, 0.15) is 18.2 Å². The minimum Gasteiger partial charge on any atom is -0.390 e. The summed E-state index contributed by atoms with van der Waals surface area (Å²) in [6, 6.07) is 22.2. The lowest BCUT2D eigenvalue weighted by Crippen LogP contribution is -2.39. The van der Waals surface area contributed by atoms with Crippen LogP contribution < -0.4 is 0 Å². The number of halogens is 2. The van der Waals surface area contributed by atoms with E-state index in [1.807, 2.05) is 30.3 Å². The monoisotopic (exact) mass is 450 g/mol. The molecule has 0 spiro atoms. The molecule has 0 N–H and O–H groups in total. The van der Waals surface area contributed by atoms with Gasteiger partial charge in [0, 0.05) is 24.1 Å².